The lowest BCUT2D eigenvalue weighted by Crippen LogP contribution is -2.25. The van der Waals surface area contributed by atoms with Crippen LogP contribution in [-0.4, -0.2) is 44.5 Å². The highest BCUT2D eigenvalue weighted by molar-refractivity contribution is 6.01. The number of hydrogen-bond acceptors (Lipinski definition) is 7. The highest BCUT2D eigenvalue weighted by Gasteiger charge is 2.23. The van der Waals surface area contributed by atoms with Gasteiger partial charge in [-0.05, 0) is 51.1 Å². The molecule has 0 N–H and O–H groups in total. The van der Waals surface area contributed by atoms with Crippen molar-refractivity contribution in [1.82, 2.24) is 19.6 Å². The SMILES string of the molecule is COc1ccc(C(=O)[C@H](C)OC(=O)c2nc3nc(C)cc(C)n3n2)cc1. The second-order valence-electron chi connectivity index (χ2n) is 5.83. The molecule has 134 valence electrons. The molecule has 8 nitrogen and oxygen atoms in total. The third-order valence-corrected chi connectivity index (χ3v) is 3.83. The molecule has 8 heteroatoms. The van der Waals surface area contributed by atoms with Gasteiger partial charge in [0.25, 0.3) is 11.6 Å². The fourth-order valence-corrected chi connectivity index (χ4v) is 2.51. The van der Waals surface area contributed by atoms with Crippen molar-refractivity contribution in [2.75, 3.05) is 7.11 Å². The van der Waals surface area contributed by atoms with E-state index in [1.807, 2.05) is 19.9 Å². The Hall–Kier alpha value is -3.29. The quantitative estimate of drug-likeness (QED) is 0.512. The van der Waals surface area contributed by atoms with Crippen molar-refractivity contribution in [3.8, 4) is 5.75 Å². The maximum absolute atomic E-state index is 12.4. The second-order valence-corrected chi connectivity index (χ2v) is 5.83. The van der Waals surface area contributed by atoms with Crippen LogP contribution in [0.2, 0.25) is 0 Å². The number of carbonyl (C=O) groups is 2. The predicted molar refractivity (Wildman–Crippen MR) is 92.5 cm³/mol. The average Bonchev–Trinajstić information content (AvgIpc) is 3.05. The molecular formula is C18H18N4O4. The van der Waals surface area contributed by atoms with E-state index in [-0.39, 0.29) is 11.6 Å². The van der Waals surface area contributed by atoms with Crippen molar-refractivity contribution in [2.45, 2.75) is 26.9 Å². The van der Waals surface area contributed by atoms with Gasteiger partial charge in [0.2, 0.25) is 5.78 Å². The number of hydrogen-bond donors (Lipinski definition) is 0. The van der Waals surface area contributed by atoms with Crippen molar-refractivity contribution in [3.05, 3.63) is 53.1 Å². The minimum Gasteiger partial charge on any atom is -0.497 e. The first-order valence-corrected chi connectivity index (χ1v) is 7.99. The third-order valence-electron chi connectivity index (χ3n) is 3.83. The van der Waals surface area contributed by atoms with Gasteiger partial charge in [-0.15, -0.1) is 5.10 Å². The van der Waals surface area contributed by atoms with E-state index in [1.165, 1.54) is 11.4 Å². The Morgan fingerprint density at radius 1 is 1.12 bits per heavy atom. The monoisotopic (exact) mass is 354 g/mol. The molecule has 0 amide bonds. The molecule has 3 rings (SSSR count). The topological polar surface area (TPSA) is 95.7 Å². The van der Waals surface area contributed by atoms with E-state index < -0.39 is 12.1 Å². The second kappa shape index (κ2) is 6.91. The molecule has 2 heterocycles. The fraction of sp³-hybridized carbons (Fsp3) is 0.278. The number of Topliss-reactive ketones (excluding diaryl/α,β-unsaturated/α-hetero) is 1. The normalized spacial score (nSPS) is 12.0. The first kappa shape index (κ1) is 17.5. The summed E-state index contributed by atoms with van der Waals surface area (Å²) in [6.45, 7) is 5.17. The van der Waals surface area contributed by atoms with Crippen LogP contribution in [0.3, 0.4) is 0 Å². The Kier molecular flexibility index (Phi) is 4.66. The molecule has 0 bridgehead atoms. The molecule has 0 saturated carbocycles. The average molecular weight is 354 g/mol. The van der Waals surface area contributed by atoms with Gasteiger partial charge in [0.1, 0.15) is 5.75 Å². The molecule has 0 aliphatic carbocycles. The summed E-state index contributed by atoms with van der Waals surface area (Å²) in [7, 11) is 1.54. The summed E-state index contributed by atoms with van der Waals surface area (Å²) in [4.78, 5) is 33.0. The van der Waals surface area contributed by atoms with E-state index in [0.717, 1.165) is 11.4 Å². The van der Waals surface area contributed by atoms with Crippen molar-refractivity contribution in [1.29, 1.82) is 0 Å². The van der Waals surface area contributed by atoms with Crippen LogP contribution in [0.4, 0.5) is 0 Å². The zero-order chi connectivity index (χ0) is 18.8. The van der Waals surface area contributed by atoms with E-state index in [0.29, 0.717) is 17.1 Å². The Morgan fingerprint density at radius 2 is 1.81 bits per heavy atom. The number of aromatic nitrogens is 4. The molecule has 0 radical (unpaired) electrons. The number of esters is 1. The lowest BCUT2D eigenvalue weighted by molar-refractivity contribution is 0.0307. The van der Waals surface area contributed by atoms with E-state index in [4.69, 9.17) is 9.47 Å². The van der Waals surface area contributed by atoms with Crippen LogP contribution in [0.5, 0.6) is 5.75 Å². The molecule has 3 aromatic rings. The molecule has 0 aliphatic rings. The van der Waals surface area contributed by atoms with Gasteiger partial charge in [-0.3, -0.25) is 4.79 Å². The minimum absolute atomic E-state index is 0.138. The van der Waals surface area contributed by atoms with E-state index in [1.54, 1.807) is 31.4 Å². The number of benzene rings is 1. The van der Waals surface area contributed by atoms with Gasteiger partial charge in [0.05, 0.1) is 7.11 Å². The smallest absolute Gasteiger partial charge is 0.379 e. The number of nitrogens with zero attached hydrogens (tertiary/aromatic N) is 4. The number of carbonyl (C=O) groups excluding carboxylic acids is 2. The Labute approximate surface area is 149 Å². The summed E-state index contributed by atoms with van der Waals surface area (Å²) >= 11 is 0. The molecular weight excluding hydrogens is 336 g/mol. The lowest BCUT2D eigenvalue weighted by atomic mass is 10.1. The van der Waals surface area contributed by atoms with Crippen molar-refractivity contribution < 1.29 is 19.1 Å². The fourth-order valence-electron chi connectivity index (χ4n) is 2.51. The van der Waals surface area contributed by atoms with E-state index in [9.17, 15) is 9.59 Å². The molecule has 0 fully saturated rings. The van der Waals surface area contributed by atoms with E-state index in [2.05, 4.69) is 15.1 Å². The van der Waals surface area contributed by atoms with Gasteiger partial charge < -0.3 is 9.47 Å². The lowest BCUT2D eigenvalue weighted by Gasteiger charge is -2.11. The Balaban J connectivity index is 1.76. The predicted octanol–water partition coefficient (Wildman–Crippen LogP) is 2.18. The highest BCUT2D eigenvalue weighted by atomic mass is 16.5. The molecule has 0 aliphatic heterocycles. The number of fused-ring (bicyclic) bond motifs is 1. The summed E-state index contributed by atoms with van der Waals surface area (Å²) in [6, 6.07) is 8.40. The highest BCUT2D eigenvalue weighted by Crippen LogP contribution is 2.14. The first-order valence-electron chi connectivity index (χ1n) is 7.99. The molecule has 0 unspecified atom stereocenters. The van der Waals surface area contributed by atoms with Gasteiger partial charge in [-0.2, -0.15) is 4.98 Å². The summed E-state index contributed by atoms with van der Waals surface area (Å²) in [5.41, 5.74) is 1.98. The number of ketones is 1. The van der Waals surface area contributed by atoms with Crippen LogP contribution in [0.15, 0.2) is 30.3 Å². The maximum atomic E-state index is 12.4. The van der Waals surface area contributed by atoms with Crippen LogP contribution in [0.1, 0.15) is 39.3 Å². The molecule has 2 aromatic heterocycles. The molecule has 1 atom stereocenters. The van der Waals surface area contributed by atoms with Crippen LogP contribution >= 0.6 is 0 Å². The van der Waals surface area contributed by atoms with E-state index >= 15 is 0 Å². The Bertz CT molecular complexity index is 979. The molecule has 1 aromatic carbocycles. The molecule has 0 saturated heterocycles. The number of aryl methyl sites for hydroxylation is 2. The van der Waals surface area contributed by atoms with Crippen molar-refractivity contribution in [3.63, 3.8) is 0 Å². The largest absolute Gasteiger partial charge is 0.497 e. The first-order chi connectivity index (χ1) is 12.4. The van der Waals surface area contributed by atoms with Crippen LogP contribution in [-0.2, 0) is 4.74 Å². The number of ether oxygens (including phenoxy) is 2. The number of methoxy groups -OCH3 is 1. The molecule has 26 heavy (non-hydrogen) atoms. The van der Waals surface area contributed by atoms with Crippen molar-refractivity contribution in [2.24, 2.45) is 0 Å². The van der Waals surface area contributed by atoms with Gasteiger partial charge in [0, 0.05) is 17.0 Å². The van der Waals surface area contributed by atoms with Crippen molar-refractivity contribution >= 4 is 17.5 Å². The number of rotatable bonds is 5. The van der Waals surface area contributed by atoms with Gasteiger partial charge >= 0.3 is 5.97 Å². The summed E-state index contributed by atoms with van der Waals surface area (Å²) in [6.07, 6.45) is -0.974. The summed E-state index contributed by atoms with van der Waals surface area (Å²) in [5, 5.41) is 4.10. The van der Waals surface area contributed by atoms with Crippen LogP contribution < -0.4 is 4.74 Å². The standard InChI is InChI=1S/C18H18N4O4/c1-10-9-11(2)22-18(19-10)20-16(21-22)17(24)26-12(3)15(23)13-5-7-14(25-4)8-6-13/h5-9,12H,1-4H3/t12-/m0/s1. The zero-order valence-corrected chi connectivity index (χ0v) is 14.9. The zero-order valence-electron chi connectivity index (χ0n) is 14.9. The van der Waals surface area contributed by atoms with Crippen LogP contribution in [0, 0.1) is 13.8 Å². The third kappa shape index (κ3) is 3.39. The Morgan fingerprint density at radius 3 is 2.46 bits per heavy atom. The molecule has 0 spiro atoms. The van der Waals surface area contributed by atoms with Gasteiger partial charge in [-0.25, -0.2) is 14.3 Å². The van der Waals surface area contributed by atoms with Gasteiger partial charge in [0.15, 0.2) is 6.10 Å². The maximum Gasteiger partial charge on any atom is 0.379 e. The van der Waals surface area contributed by atoms with Crippen LogP contribution in [0.25, 0.3) is 5.78 Å². The summed E-state index contributed by atoms with van der Waals surface area (Å²) < 4.78 is 11.7. The van der Waals surface area contributed by atoms with Gasteiger partial charge in [-0.1, -0.05) is 0 Å². The summed E-state index contributed by atoms with van der Waals surface area (Å²) in [5.74, 6) is -0.292. The minimum atomic E-state index is -0.974.